The number of likely N-dealkylation sites (N-methyl/N-ethyl adjacent to an activating group) is 1. The van der Waals surface area contributed by atoms with Crippen molar-refractivity contribution in [1.82, 2.24) is 4.31 Å². The molecule has 0 aliphatic carbocycles. The lowest BCUT2D eigenvalue weighted by molar-refractivity contribution is -0.118. The van der Waals surface area contributed by atoms with Crippen molar-refractivity contribution in [2.45, 2.75) is 31.7 Å². The van der Waals surface area contributed by atoms with E-state index in [1.54, 1.807) is 25.1 Å². The lowest BCUT2D eigenvalue weighted by atomic mass is 10.3. The summed E-state index contributed by atoms with van der Waals surface area (Å²) in [7, 11) is -2.18. The van der Waals surface area contributed by atoms with Crippen molar-refractivity contribution in [2.75, 3.05) is 12.4 Å². The van der Waals surface area contributed by atoms with E-state index in [0.29, 0.717) is 5.69 Å². The third-order valence-electron chi connectivity index (χ3n) is 2.73. The zero-order valence-corrected chi connectivity index (χ0v) is 11.8. The minimum Gasteiger partial charge on any atom is -0.323 e. The molecule has 0 fully saturated rings. The van der Waals surface area contributed by atoms with Crippen LogP contribution in [0, 0.1) is 0 Å². The Kier molecular flexibility index (Phi) is 4.48. The lowest BCUT2D eigenvalue weighted by Gasteiger charge is -2.19. The Balaban J connectivity index is 0.000000771. The Morgan fingerprint density at radius 1 is 1.22 bits per heavy atom. The fourth-order valence-electron chi connectivity index (χ4n) is 1.56. The molecule has 100 valence electrons. The van der Waals surface area contributed by atoms with Gasteiger partial charge in [0.05, 0.1) is 5.69 Å². The second-order valence-corrected chi connectivity index (χ2v) is 5.65. The molecule has 1 N–H and O–H groups in total. The van der Waals surface area contributed by atoms with E-state index in [-0.39, 0.29) is 10.8 Å². The van der Waals surface area contributed by atoms with Crippen molar-refractivity contribution < 1.29 is 13.2 Å². The molecular weight excluding hydrogens is 252 g/mol. The number of para-hydroxylation sites is 1. The van der Waals surface area contributed by atoms with Gasteiger partial charge in [-0.25, -0.2) is 8.42 Å². The quantitative estimate of drug-likeness (QED) is 0.780. The van der Waals surface area contributed by atoms with E-state index in [9.17, 15) is 13.2 Å². The normalized spacial score (nSPS) is 22.0. The maximum absolute atomic E-state index is 12.1. The third kappa shape index (κ3) is 2.39. The van der Waals surface area contributed by atoms with Gasteiger partial charge in [-0.2, -0.15) is 4.31 Å². The number of carbonyl (C=O) groups excluding carboxylic acids is 1. The van der Waals surface area contributed by atoms with Crippen molar-refractivity contribution in [3.8, 4) is 0 Å². The van der Waals surface area contributed by atoms with Crippen LogP contribution in [0.5, 0.6) is 0 Å². The van der Waals surface area contributed by atoms with Gasteiger partial charge in [0.2, 0.25) is 15.9 Å². The van der Waals surface area contributed by atoms with Crippen LogP contribution in [0.1, 0.15) is 20.8 Å². The summed E-state index contributed by atoms with van der Waals surface area (Å²) in [5.74, 6) is -0.323. The molecule has 0 saturated heterocycles. The second kappa shape index (κ2) is 5.49. The molecule has 6 heteroatoms. The third-order valence-corrected chi connectivity index (χ3v) is 4.71. The number of fused-ring (bicyclic) bond motifs is 1. The molecule has 18 heavy (non-hydrogen) atoms. The van der Waals surface area contributed by atoms with E-state index in [4.69, 9.17) is 0 Å². The summed E-state index contributed by atoms with van der Waals surface area (Å²) >= 11 is 0. The van der Waals surface area contributed by atoms with Crippen LogP contribution < -0.4 is 5.32 Å². The number of rotatable bonds is 0. The summed E-state index contributed by atoms with van der Waals surface area (Å²) in [4.78, 5) is 11.8. The van der Waals surface area contributed by atoms with E-state index in [1.807, 2.05) is 13.8 Å². The van der Waals surface area contributed by atoms with Gasteiger partial charge >= 0.3 is 0 Å². The molecular formula is C12H18N2O3S. The Morgan fingerprint density at radius 3 is 2.39 bits per heavy atom. The Labute approximate surface area is 108 Å². The number of amides is 1. The van der Waals surface area contributed by atoms with Gasteiger partial charge in [-0.05, 0) is 19.1 Å². The standard InChI is InChI=1S/C10H12N2O3S.C2H6/c1-7-10(13)11-8-5-3-4-6-9(8)16(14,15)12(7)2;1-2/h3-7H,1-2H3,(H,11,13);1-2H3. The SMILES string of the molecule is CC.CC1C(=O)Nc2ccccc2S(=O)(=O)N1C. The number of hydrogen-bond donors (Lipinski definition) is 1. The minimum absolute atomic E-state index is 0.134. The molecule has 0 bridgehead atoms. The molecule has 0 radical (unpaired) electrons. The van der Waals surface area contributed by atoms with Crippen LogP contribution in [0.15, 0.2) is 29.2 Å². The van der Waals surface area contributed by atoms with Gasteiger partial charge in [-0.15, -0.1) is 0 Å². The molecule has 1 heterocycles. The highest BCUT2D eigenvalue weighted by atomic mass is 32.2. The van der Waals surface area contributed by atoms with Gasteiger partial charge in [-0.1, -0.05) is 26.0 Å². The summed E-state index contributed by atoms with van der Waals surface area (Å²) in [6.45, 7) is 5.55. The highest BCUT2D eigenvalue weighted by molar-refractivity contribution is 7.89. The largest absolute Gasteiger partial charge is 0.323 e. The van der Waals surface area contributed by atoms with Gasteiger partial charge in [0.1, 0.15) is 10.9 Å². The van der Waals surface area contributed by atoms with E-state index in [2.05, 4.69) is 5.32 Å². The van der Waals surface area contributed by atoms with E-state index >= 15 is 0 Å². The smallest absolute Gasteiger partial charge is 0.245 e. The number of anilines is 1. The monoisotopic (exact) mass is 270 g/mol. The molecule has 0 aromatic heterocycles. The average Bonchev–Trinajstić information content (AvgIpc) is 2.44. The Morgan fingerprint density at radius 2 is 1.78 bits per heavy atom. The fourth-order valence-corrected chi connectivity index (χ4v) is 3.03. The van der Waals surface area contributed by atoms with Gasteiger partial charge in [0.25, 0.3) is 0 Å². The lowest BCUT2D eigenvalue weighted by Crippen LogP contribution is -2.40. The number of nitrogens with one attached hydrogen (secondary N) is 1. The summed E-state index contributed by atoms with van der Waals surface area (Å²) in [6.07, 6.45) is 0. The zero-order valence-electron chi connectivity index (χ0n) is 11.0. The maximum atomic E-state index is 12.1. The molecule has 0 saturated carbocycles. The second-order valence-electron chi connectivity index (χ2n) is 3.68. The predicted octanol–water partition coefficient (Wildman–Crippen LogP) is 1.67. The van der Waals surface area contributed by atoms with Gasteiger partial charge < -0.3 is 5.32 Å². The molecule has 0 spiro atoms. The topological polar surface area (TPSA) is 66.5 Å². The molecule has 5 nitrogen and oxygen atoms in total. The summed E-state index contributed by atoms with van der Waals surface area (Å²) < 4.78 is 25.3. The highest BCUT2D eigenvalue weighted by Gasteiger charge is 2.34. The first-order chi connectivity index (χ1) is 8.44. The van der Waals surface area contributed by atoms with Crippen molar-refractivity contribution in [2.24, 2.45) is 0 Å². The number of benzene rings is 1. The van der Waals surface area contributed by atoms with Gasteiger partial charge in [0, 0.05) is 7.05 Å². The molecule has 1 aromatic rings. The van der Waals surface area contributed by atoms with Crippen LogP contribution in [0.25, 0.3) is 0 Å². The number of nitrogens with zero attached hydrogens (tertiary/aromatic N) is 1. The van der Waals surface area contributed by atoms with Gasteiger partial charge in [0.15, 0.2) is 0 Å². The molecule has 1 aliphatic rings. The summed E-state index contributed by atoms with van der Waals surface area (Å²) in [5, 5.41) is 2.60. The summed E-state index contributed by atoms with van der Waals surface area (Å²) in [5.41, 5.74) is 0.337. The molecule has 1 aliphatic heterocycles. The van der Waals surface area contributed by atoms with E-state index < -0.39 is 16.1 Å². The molecule has 1 aromatic carbocycles. The molecule has 1 atom stereocenters. The van der Waals surface area contributed by atoms with Crippen molar-refractivity contribution in [3.05, 3.63) is 24.3 Å². The first kappa shape index (κ1) is 14.7. The highest BCUT2D eigenvalue weighted by Crippen LogP contribution is 2.28. The fraction of sp³-hybridized carbons (Fsp3) is 0.417. The predicted molar refractivity (Wildman–Crippen MR) is 70.8 cm³/mol. The molecule has 1 unspecified atom stereocenters. The maximum Gasteiger partial charge on any atom is 0.245 e. The molecule has 2 rings (SSSR count). The van der Waals surface area contributed by atoms with Crippen molar-refractivity contribution >= 4 is 21.6 Å². The minimum atomic E-state index is -3.59. The zero-order chi connectivity index (χ0) is 13.9. The number of carbonyl (C=O) groups is 1. The van der Waals surface area contributed by atoms with Crippen molar-refractivity contribution in [1.29, 1.82) is 0 Å². The Hall–Kier alpha value is -1.40. The first-order valence-electron chi connectivity index (χ1n) is 5.82. The van der Waals surface area contributed by atoms with Crippen LogP contribution >= 0.6 is 0 Å². The van der Waals surface area contributed by atoms with Crippen LogP contribution in [-0.2, 0) is 14.8 Å². The van der Waals surface area contributed by atoms with Crippen LogP contribution in [-0.4, -0.2) is 31.7 Å². The Bertz CT molecular complexity index is 540. The van der Waals surface area contributed by atoms with Crippen LogP contribution in [0.4, 0.5) is 5.69 Å². The van der Waals surface area contributed by atoms with Crippen LogP contribution in [0.2, 0.25) is 0 Å². The summed E-state index contributed by atoms with van der Waals surface area (Å²) in [6, 6.07) is 5.67. The van der Waals surface area contributed by atoms with E-state index in [1.165, 1.54) is 13.1 Å². The van der Waals surface area contributed by atoms with Crippen LogP contribution in [0.3, 0.4) is 0 Å². The van der Waals surface area contributed by atoms with Crippen molar-refractivity contribution in [3.63, 3.8) is 0 Å². The average molecular weight is 270 g/mol. The van der Waals surface area contributed by atoms with Gasteiger partial charge in [-0.3, -0.25) is 4.79 Å². The number of hydrogen-bond acceptors (Lipinski definition) is 3. The first-order valence-corrected chi connectivity index (χ1v) is 7.26. The molecule has 1 amide bonds. The number of sulfonamides is 1. The van der Waals surface area contributed by atoms with E-state index in [0.717, 1.165) is 4.31 Å².